The number of carbonyl (C=O) groups excluding carboxylic acids is 3. The van der Waals surface area contributed by atoms with Gasteiger partial charge in [0.15, 0.2) is 0 Å². The molecule has 2 unspecified atom stereocenters. The van der Waals surface area contributed by atoms with Crippen LogP contribution in [0, 0.1) is 22.0 Å². The van der Waals surface area contributed by atoms with Gasteiger partial charge in [-0.05, 0) is 12.0 Å². The van der Waals surface area contributed by atoms with Crippen LogP contribution in [0.3, 0.4) is 0 Å². The molecule has 1 aliphatic carbocycles. The minimum Gasteiger partial charge on any atom is -0.468 e. The third-order valence-electron chi connectivity index (χ3n) is 5.56. The predicted molar refractivity (Wildman–Crippen MR) is 94.6 cm³/mol. The maximum Gasteiger partial charge on any atom is 0.317 e. The number of fused-ring (bicyclic) bond motifs is 1. The molecule has 1 heterocycles. The number of nitrogens with zero attached hydrogens (tertiary/aromatic N) is 2. The average Bonchev–Trinajstić information content (AvgIpc) is 3.31. The van der Waals surface area contributed by atoms with E-state index < -0.39 is 40.0 Å². The van der Waals surface area contributed by atoms with Gasteiger partial charge in [0.1, 0.15) is 5.41 Å². The lowest BCUT2D eigenvalue weighted by Crippen LogP contribution is -2.42. The Balaban J connectivity index is 1.89. The average molecular weight is 374 g/mol. The van der Waals surface area contributed by atoms with Crippen LogP contribution in [-0.4, -0.2) is 41.3 Å². The van der Waals surface area contributed by atoms with Crippen LogP contribution >= 0.6 is 0 Å². The standard InChI is InChI=1S/C19H22N2O6/c1-3-4-5-6-10-20-16(22)14-15(17(20)23)19(14,18(24)27-2)12-8-7-9-13(11-12)21(25)26/h7-9,11,14-15H,3-6,10H2,1-2H3. The number of hydrogen-bond donors (Lipinski definition) is 0. The van der Waals surface area contributed by atoms with Crippen LogP contribution < -0.4 is 0 Å². The summed E-state index contributed by atoms with van der Waals surface area (Å²) < 4.78 is 4.88. The molecule has 3 rings (SSSR count). The highest BCUT2D eigenvalue weighted by atomic mass is 16.6. The fourth-order valence-electron chi connectivity index (χ4n) is 4.20. The van der Waals surface area contributed by atoms with E-state index in [9.17, 15) is 24.5 Å². The first-order chi connectivity index (χ1) is 12.9. The molecule has 8 nitrogen and oxygen atoms in total. The summed E-state index contributed by atoms with van der Waals surface area (Å²) in [5.74, 6) is -3.17. The van der Waals surface area contributed by atoms with Crippen molar-refractivity contribution in [1.82, 2.24) is 4.90 Å². The SMILES string of the molecule is CCCCCCN1C(=O)C2C(C1=O)C2(C(=O)OC)c1cccc([N+](=O)[O-])c1. The van der Waals surface area contributed by atoms with Crippen molar-refractivity contribution in [2.24, 2.45) is 11.8 Å². The Kier molecular flexibility index (Phi) is 4.99. The lowest BCUT2D eigenvalue weighted by atomic mass is 9.89. The molecule has 8 heteroatoms. The zero-order valence-corrected chi connectivity index (χ0v) is 15.3. The van der Waals surface area contributed by atoms with E-state index in [2.05, 4.69) is 6.92 Å². The number of hydrogen-bond acceptors (Lipinski definition) is 6. The molecule has 1 saturated carbocycles. The first kappa shape index (κ1) is 19.0. The molecule has 0 spiro atoms. The van der Waals surface area contributed by atoms with Gasteiger partial charge >= 0.3 is 5.97 Å². The first-order valence-electron chi connectivity index (χ1n) is 9.09. The zero-order chi connectivity index (χ0) is 19.8. The fraction of sp³-hybridized carbons (Fsp3) is 0.526. The Labute approximate surface area is 156 Å². The van der Waals surface area contributed by atoms with Crippen molar-refractivity contribution >= 4 is 23.5 Å². The Hall–Kier alpha value is -2.77. The number of rotatable bonds is 8. The minimum absolute atomic E-state index is 0.197. The van der Waals surface area contributed by atoms with Crippen molar-refractivity contribution in [2.75, 3.05) is 13.7 Å². The van der Waals surface area contributed by atoms with Crippen molar-refractivity contribution in [3.63, 3.8) is 0 Å². The summed E-state index contributed by atoms with van der Waals surface area (Å²) in [5, 5.41) is 11.1. The summed E-state index contributed by atoms with van der Waals surface area (Å²) in [6.45, 7) is 2.42. The number of esters is 1. The second-order valence-corrected chi connectivity index (χ2v) is 7.01. The summed E-state index contributed by atoms with van der Waals surface area (Å²) >= 11 is 0. The number of amides is 2. The van der Waals surface area contributed by atoms with Gasteiger partial charge in [-0.1, -0.05) is 38.3 Å². The fourth-order valence-corrected chi connectivity index (χ4v) is 4.20. The monoisotopic (exact) mass is 374 g/mol. The minimum atomic E-state index is -1.45. The highest BCUT2D eigenvalue weighted by Crippen LogP contribution is 2.65. The number of nitro groups is 1. The van der Waals surface area contributed by atoms with Gasteiger partial charge in [-0.3, -0.25) is 29.4 Å². The van der Waals surface area contributed by atoms with Crippen LogP contribution in [0.25, 0.3) is 0 Å². The van der Waals surface area contributed by atoms with Crippen LogP contribution in [0.1, 0.15) is 38.2 Å². The van der Waals surface area contributed by atoms with Gasteiger partial charge in [0, 0.05) is 18.7 Å². The molecule has 1 aromatic rings. The van der Waals surface area contributed by atoms with E-state index in [-0.39, 0.29) is 11.3 Å². The van der Waals surface area contributed by atoms with Gasteiger partial charge in [0.25, 0.3) is 5.69 Å². The summed E-state index contributed by atoms with van der Waals surface area (Å²) in [6.07, 6.45) is 3.73. The third kappa shape index (κ3) is 2.79. The number of unbranched alkanes of at least 4 members (excludes halogenated alkanes) is 3. The van der Waals surface area contributed by atoms with Gasteiger partial charge in [-0.25, -0.2) is 0 Å². The number of nitro benzene ring substituents is 1. The molecule has 1 aromatic carbocycles. The van der Waals surface area contributed by atoms with E-state index in [0.717, 1.165) is 25.7 Å². The largest absolute Gasteiger partial charge is 0.468 e. The summed E-state index contributed by atoms with van der Waals surface area (Å²) in [5.41, 5.74) is -1.36. The molecule has 2 amide bonds. The van der Waals surface area contributed by atoms with Crippen molar-refractivity contribution in [1.29, 1.82) is 0 Å². The van der Waals surface area contributed by atoms with Crippen LogP contribution in [0.4, 0.5) is 5.69 Å². The first-order valence-corrected chi connectivity index (χ1v) is 9.09. The normalized spacial score (nSPS) is 26.1. The van der Waals surface area contributed by atoms with Crippen molar-refractivity contribution < 1.29 is 24.0 Å². The maximum absolute atomic E-state index is 12.8. The highest BCUT2D eigenvalue weighted by molar-refractivity contribution is 6.18. The Morgan fingerprint density at radius 2 is 1.89 bits per heavy atom. The maximum atomic E-state index is 12.8. The second-order valence-electron chi connectivity index (χ2n) is 7.01. The quantitative estimate of drug-likeness (QED) is 0.227. The van der Waals surface area contributed by atoms with Gasteiger partial charge in [0.05, 0.1) is 23.9 Å². The number of methoxy groups -OCH3 is 1. The number of likely N-dealkylation sites (tertiary alicyclic amines) is 1. The Morgan fingerprint density at radius 1 is 1.22 bits per heavy atom. The van der Waals surface area contributed by atoms with E-state index >= 15 is 0 Å². The molecule has 0 N–H and O–H groups in total. The molecule has 1 saturated heterocycles. The van der Waals surface area contributed by atoms with Gasteiger partial charge in [0.2, 0.25) is 11.8 Å². The summed E-state index contributed by atoms with van der Waals surface area (Å²) in [7, 11) is 1.19. The molecular formula is C19H22N2O6. The lowest BCUT2D eigenvalue weighted by Gasteiger charge is -2.24. The van der Waals surface area contributed by atoms with E-state index in [1.165, 1.54) is 36.3 Å². The molecule has 0 radical (unpaired) electrons. The predicted octanol–water partition coefficient (Wildman–Crippen LogP) is 2.20. The number of piperidine rings is 1. The molecule has 1 aliphatic heterocycles. The number of carbonyl (C=O) groups is 3. The smallest absolute Gasteiger partial charge is 0.317 e. The third-order valence-corrected chi connectivity index (χ3v) is 5.56. The van der Waals surface area contributed by atoms with Crippen molar-refractivity contribution in [3.05, 3.63) is 39.9 Å². The van der Waals surface area contributed by atoms with E-state index in [1.54, 1.807) is 0 Å². The second kappa shape index (κ2) is 7.09. The van der Waals surface area contributed by atoms with Gasteiger partial charge < -0.3 is 4.74 Å². The van der Waals surface area contributed by atoms with Gasteiger partial charge in [-0.2, -0.15) is 0 Å². The zero-order valence-electron chi connectivity index (χ0n) is 15.3. The van der Waals surface area contributed by atoms with Crippen LogP contribution in [0.2, 0.25) is 0 Å². The van der Waals surface area contributed by atoms with Gasteiger partial charge in [-0.15, -0.1) is 0 Å². The molecule has 0 bridgehead atoms. The molecule has 2 aliphatic rings. The van der Waals surface area contributed by atoms with E-state index in [0.29, 0.717) is 6.54 Å². The molecular weight excluding hydrogens is 352 g/mol. The Bertz CT molecular complexity index is 783. The number of benzene rings is 1. The molecule has 144 valence electrons. The number of ether oxygens (including phenoxy) is 1. The van der Waals surface area contributed by atoms with Crippen LogP contribution in [-0.2, 0) is 24.5 Å². The summed E-state index contributed by atoms with van der Waals surface area (Å²) in [6, 6.07) is 5.54. The summed E-state index contributed by atoms with van der Waals surface area (Å²) in [4.78, 5) is 49.9. The molecule has 2 atom stereocenters. The highest BCUT2D eigenvalue weighted by Gasteiger charge is 2.82. The van der Waals surface area contributed by atoms with Crippen molar-refractivity contribution in [2.45, 2.75) is 38.0 Å². The Morgan fingerprint density at radius 3 is 2.44 bits per heavy atom. The van der Waals surface area contributed by atoms with E-state index in [4.69, 9.17) is 4.74 Å². The van der Waals surface area contributed by atoms with E-state index in [1.807, 2.05) is 0 Å². The van der Waals surface area contributed by atoms with Crippen LogP contribution in [0.15, 0.2) is 24.3 Å². The molecule has 0 aromatic heterocycles. The molecule has 2 fully saturated rings. The number of imide groups is 1. The van der Waals surface area contributed by atoms with Crippen molar-refractivity contribution in [3.8, 4) is 0 Å². The van der Waals surface area contributed by atoms with Crippen LogP contribution in [0.5, 0.6) is 0 Å². The number of non-ortho nitro benzene ring substituents is 1. The topological polar surface area (TPSA) is 107 Å². The molecule has 27 heavy (non-hydrogen) atoms. The lowest BCUT2D eigenvalue weighted by molar-refractivity contribution is -0.384.